The van der Waals surface area contributed by atoms with E-state index in [0.717, 1.165) is 25.9 Å². The number of piperazine rings is 1. The summed E-state index contributed by atoms with van der Waals surface area (Å²) < 4.78 is 0. The molecule has 17 heavy (non-hydrogen) atoms. The molecule has 3 nitrogen and oxygen atoms in total. The van der Waals surface area contributed by atoms with Crippen molar-refractivity contribution in [1.82, 2.24) is 10.2 Å². The first-order valence-electron chi connectivity index (χ1n) is 7.31. The standard InChI is InChI=1S/C14H26N2O/c1-3-11(4-2)14(17)16-10-9-15-12-7-5-6-8-13(12)16/h11-13,15H,3-10H2,1-2H3. The maximum absolute atomic E-state index is 12.5. The lowest BCUT2D eigenvalue weighted by atomic mass is 9.86. The van der Waals surface area contributed by atoms with Crippen LogP contribution in [0.2, 0.25) is 0 Å². The number of amides is 1. The molecule has 1 saturated carbocycles. The van der Waals surface area contributed by atoms with Crippen LogP contribution in [0.4, 0.5) is 0 Å². The SMILES string of the molecule is CCC(CC)C(=O)N1CCNC2CCCCC21. The van der Waals surface area contributed by atoms with Gasteiger partial charge in [-0.1, -0.05) is 26.7 Å². The van der Waals surface area contributed by atoms with Crippen LogP contribution in [0.3, 0.4) is 0 Å². The molecule has 0 aromatic heterocycles. The molecule has 1 aliphatic heterocycles. The van der Waals surface area contributed by atoms with Gasteiger partial charge in [0, 0.05) is 31.1 Å². The predicted molar refractivity (Wildman–Crippen MR) is 69.8 cm³/mol. The molecule has 2 atom stereocenters. The Hall–Kier alpha value is -0.570. The van der Waals surface area contributed by atoms with E-state index >= 15 is 0 Å². The molecule has 0 bridgehead atoms. The van der Waals surface area contributed by atoms with Gasteiger partial charge in [-0.15, -0.1) is 0 Å². The Kier molecular flexibility index (Phi) is 4.43. The minimum Gasteiger partial charge on any atom is -0.337 e. The first-order chi connectivity index (χ1) is 8.27. The fraction of sp³-hybridized carbons (Fsp3) is 0.929. The highest BCUT2D eigenvalue weighted by molar-refractivity contribution is 5.79. The summed E-state index contributed by atoms with van der Waals surface area (Å²) in [5.41, 5.74) is 0. The van der Waals surface area contributed by atoms with Gasteiger partial charge in [0.25, 0.3) is 0 Å². The second kappa shape index (κ2) is 5.85. The Labute approximate surface area is 105 Å². The van der Waals surface area contributed by atoms with Crippen molar-refractivity contribution in [2.24, 2.45) is 5.92 Å². The molecular weight excluding hydrogens is 212 g/mol. The summed E-state index contributed by atoms with van der Waals surface area (Å²) in [5, 5.41) is 3.59. The van der Waals surface area contributed by atoms with E-state index in [0.29, 0.717) is 18.0 Å². The average Bonchev–Trinajstić information content (AvgIpc) is 2.39. The number of nitrogens with one attached hydrogen (secondary N) is 1. The molecule has 1 aliphatic carbocycles. The molecule has 1 heterocycles. The zero-order valence-electron chi connectivity index (χ0n) is 11.2. The van der Waals surface area contributed by atoms with Crippen LogP contribution in [0.5, 0.6) is 0 Å². The Bertz CT molecular complexity index is 261. The maximum atomic E-state index is 12.5. The molecule has 0 spiro atoms. The van der Waals surface area contributed by atoms with Gasteiger partial charge < -0.3 is 10.2 Å². The molecule has 3 heteroatoms. The highest BCUT2D eigenvalue weighted by atomic mass is 16.2. The Morgan fingerprint density at radius 2 is 2.00 bits per heavy atom. The largest absolute Gasteiger partial charge is 0.337 e. The first kappa shape index (κ1) is 12.9. The maximum Gasteiger partial charge on any atom is 0.226 e. The quantitative estimate of drug-likeness (QED) is 0.817. The van der Waals surface area contributed by atoms with Gasteiger partial charge in [-0.3, -0.25) is 4.79 Å². The molecule has 1 saturated heterocycles. The predicted octanol–water partition coefficient (Wildman–Crippen LogP) is 2.17. The lowest BCUT2D eigenvalue weighted by molar-refractivity contribution is -0.141. The minimum absolute atomic E-state index is 0.246. The highest BCUT2D eigenvalue weighted by Gasteiger charge is 2.36. The lowest BCUT2D eigenvalue weighted by Gasteiger charge is -2.45. The molecule has 0 aromatic carbocycles. The fourth-order valence-electron chi connectivity index (χ4n) is 3.40. The first-order valence-corrected chi connectivity index (χ1v) is 7.31. The van der Waals surface area contributed by atoms with Gasteiger partial charge in [0.05, 0.1) is 0 Å². The van der Waals surface area contributed by atoms with Crippen molar-refractivity contribution >= 4 is 5.91 Å². The topological polar surface area (TPSA) is 32.3 Å². The molecule has 2 rings (SSSR count). The summed E-state index contributed by atoms with van der Waals surface area (Å²) in [6, 6.07) is 1.04. The van der Waals surface area contributed by atoms with E-state index < -0.39 is 0 Å². The van der Waals surface area contributed by atoms with Crippen molar-refractivity contribution in [2.45, 2.75) is 64.5 Å². The van der Waals surface area contributed by atoms with E-state index in [4.69, 9.17) is 0 Å². The normalized spacial score (nSPS) is 29.2. The summed E-state index contributed by atoms with van der Waals surface area (Å²) in [4.78, 5) is 14.7. The summed E-state index contributed by atoms with van der Waals surface area (Å²) in [6.45, 7) is 6.16. The second-order valence-corrected chi connectivity index (χ2v) is 5.46. The van der Waals surface area contributed by atoms with E-state index in [-0.39, 0.29) is 5.92 Å². The van der Waals surface area contributed by atoms with E-state index in [9.17, 15) is 4.79 Å². The molecule has 98 valence electrons. The molecule has 1 N–H and O–H groups in total. The van der Waals surface area contributed by atoms with E-state index in [1.54, 1.807) is 0 Å². The lowest BCUT2D eigenvalue weighted by Crippen LogP contribution is -2.61. The van der Waals surface area contributed by atoms with Crippen LogP contribution < -0.4 is 5.32 Å². The van der Waals surface area contributed by atoms with Gasteiger partial charge in [-0.25, -0.2) is 0 Å². The number of rotatable bonds is 3. The smallest absolute Gasteiger partial charge is 0.226 e. The van der Waals surface area contributed by atoms with Crippen LogP contribution in [0.15, 0.2) is 0 Å². The molecule has 0 aromatic rings. The van der Waals surface area contributed by atoms with E-state index in [2.05, 4.69) is 24.1 Å². The van der Waals surface area contributed by atoms with Gasteiger partial charge in [0.2, 0.25) is 5.91 Å². The van der Waals surface area contributed by atoms with Gasteiger partial charge in [-0.2, -0.15) is 0 Å². The summed E-state index contributed by atoms with van der Waals surface area (Å²) in [5.74, 6) is 0.657. The Balaban J connectivity index is 2.05. The van der Waals surface area contributed by atoms with Crippen LogP contribution in [0.25, 0.3) is 0 Å². The zero-order chi connectivity index (χ0) is 12.3. The van der Waals surface area contributed by atoms with Crippen molar-refractivity contribution in [3.8, 4) is 0 Å². The average molecular weight is 238 g/mol. The Morgan fingerprint density at radius 1 is 1.29 bits per heavy atom. The van der Waals surface area contributed by atoms with Crippen LogP contribution in [-0.4, -0.2) is 36.0 Å². The number of nitrogens with zero attached hydrogens (tertiary/aromatic N) is 1. The van der Waals surface area contributed by atoms with E-state index in [1.165, 1.54) is 25.7 Å². The molecule has 2 unspecified atom stereocenters. The number of carbonyl (C=O) groups excluding carboxylic acids is 1. The van der Waals surface area contributed by atoms with Crippen LogP contribution >= 0.6 is 0 Å². The van der Waals surface area contributed by atoms with Gasteiger partial charge in [-0.05, 0) is 25.7 Å². The number of fused-ring (bicyclic) bond motifs is 1. The third-order valence-corrected chi connectivity index (χ3v) is 4.51. The van der Waals surface area contributed by atoms with E-state index in [1.807, 2.05) is 0 Å². The van der Waals surface area contributed by atoms with Gasteiger partial charge >= 0.3 is 0 Å². The number of carbonyl (C=O) groups is 1. The minimum atomic E-state index is 0.246. The van der Waals surface area contributed by atoms with Crippen LogP contribution in [-0.2, 0) is 4.79 Å². The van der Waals surface area contributed by atoms with Gasteiger partial charge in [0.15, 0.2) is 0 Å². The van der Waals surface area contributed by atoms with Crippen molar-refractivity contribution < 1.29 is 4.79 Å². The highest BCUT2D eigenvalue weighted by Crippen LogP contribution is 2.27. The van der Waals surface area contributed by atoms with Crippen molar-refractivity contribution in [3.05, 3.63) is 0 Å². The summed E-state index contributed by atoms with van der Waals surface area (Å²) >= 11 is 0. The third-order valence-electron chi connectivity index (χ3n) is 4.51. The summed E-state index contributed by atoms with van der Waals surface area (Å²) in [6.07, 6.45) is 7.02. The molecule has 0 radical (unpaired) electrons. The zero-order valence-corrected chi connectivity index (χ0v) is 11.2. The molecule has 2 fully saturated rings. The molecule has 1 amide bonds. The van der Waals surface area contributed by atoms with Crippen LogP contribution in [0, 0.1) is 5.92 Å². The van der Waals surface area contributed by atoms with Crippen molar-refractivity contribution in [2.75, 3.05) is 13.1 Å². The van der Waals surface area contributed by atoms with Crippen molar-refractivity contribution in [1.29, 1.82) is 0 Å². The fourth-order valence-corrected chi connectivity index (χ4v) is 3.40. The molecular formula is C14H26N2O. The Morgan fingerprint density at radius 3 is 2.71 bits per heavy atom. The second-order valence-electron chi connectivity index (χ2n) is 5.46. The van der Waals surface area contributed by atoms with Crippen LogP contribution in [0.1, 0.15) is 52.4 Å². The van der Waals surface area contributed by atoms with Crippen molar-refractivity contribution in [3.63, 3.8) is 0 Å². The summed E-state index contributed by atoms with van der Waals surface area (Å²) in [7, 11) is 0. The van der Waals surface area contributed by atoms with Gasteiger partial charge in [0.1, 0.15) is 0 Å². The third kappa shape index (κ3) is 2.65. The number of hydrogen-bond acceptors (Lipinski definition) is 2. The molecule has 2 aliphatic rings. The monoisotopic (exact) mass is 238 g/mol. The number of hydrogen-bond donors (Lipinski definition) is 1.